The van der Waals surface area contributed by atoms with Gasteiger partial charge in [-0.2, -0.15) is 0 Å². The van der Waals surface area contributed by atoms with E-state index in [2.05, 4.69) is 15.5 Å². The molecule has 1 aromatic rings. The summed E-state index contributed by atoms with van der Waals surface area (Å²) in [5, 5.41) is 20.2. The second-order valence-corrected chi connectivity index (χ2v) is 4.84. The average molecular weight is 268 g/mol. The number of aliphatic carboxylic acids is 1. The second-order valence-electron chi connectivity index (χ2n) is 4.84. The van der Waals surface area contributed by atoms with E-state index in [1.54, 1.807) is 4.68 Å². The molecule has 1 saturated heterocycles. The number of carbonyl (C=O) groups is 1. The topological polar surface area (TPSA) is 90.1 Å². The molecule has 2 heterocycles. The third-order valence-electron chi connectivity index (χ3n) is 3.33. The molecule has 0 spiro atoms. The molecule has 0 aliphatic carbocycles. The zero-order chi connectivity index (χ0) is 13.5. The van der Waals surface area contributed by atoms with E-state index in [4.69, 9.17) is 9.84 Å². The summed E-state index contributed by atoms with van der Waals surface area (Å²) in [5.74, 6) is 0.0322. The van der Waals surface area contributed by atoms with Crippen LogP contribution in [0.1, 0.15) is 44.3 Å². The molecular weight excluding hydrogens is 248 g/mol. The molecule has 106 valence electrons. The molecule has 1 aliphatic heterocycles. The lowest BCUT2D eigenvalue weighted by Crippen LogP contribution is -2.20. The first kappa shape index (κ1) is 13.9. The van der Waals surface area contributed by atoms with Crippen LogP contribution in [0.5, 0.6) is 0 Å². The molecule has 2 rings (SSSR count). The molecule has 0 saturated carbocycles. The smallest absolute Gasteiger partial charge is 0.303 e. The van der Waals surface area contributed by atoms with Crippen LogP contribution in [0.15, 0.2) is 0 Å². The summed E-state index contributed by atoms with van der Waals surface area (Å²) in [6.45, 7) is 1.41. The van der Waals surface area contributed by atoms with Gasteiger partial charge in [0, 0.05) is 26.0 Å². The van der Waals surface area contributed by atoms with Gasteiger partial charge in [0.15, 0.2) is 5.82 Å². The highest BCUT2D eigenvalue weighted by atomic mass is 16.5. The normalized spacial score (nSPS) is 19.5. The quantitative estimate of drug-likeness (QED) is 0.794. The van der Waals surface area contributed by atoms with Crippen molar-refractivity contribution < 1.29 is 14.6 Å². The Morgan fingerprint density at radius 1 is 1.47 bits per heavy atom. The minimum Gasteiger partial charge on any atom is -0.481 e. The van der Waals surface area contributed by atoms with Gasteiger partial charge in [-0.25, -0.2) is 4.68 Å². The SMILES string of the molecule is O=C(O)CCCn1nnnc1CCC1CCCCO1. The minimum absolute atomic E-state index is 0.144. The summed E-state index contributed by atoms with van der Waals surface area (Å²) in [6.07, 6.45) is 6.22. The lowest BCUT2D eigenvalue weighted by Gasteiger charge is -2.22. The Bertz CT molecular complexity index is 401. The van der Waals surface area contributed by atoms with E-state index in [-0.39, 0.29) is 6.42 Å². The fraction of sp³-hybridized carbons (Fsp3) is 0.833. The molecule has 1 N–H and O–H groups in total. The number of tetrazole rings is 1. The maximum atomic E-state index is 10.5. The number of hydrogen-bond donors (Lipinski definition) is 1. The molecule has 7 heteroatoms. The molecule has 1 aliphatic rings. The number of nitrogens with zero attached hydrogens (tertiary/aromatic N) is 4. The zero-order valence-corrected chi connectivity index (χ0v) is 11.0. The highest BCUT2D eigenvalue weighted by Gasteiger charge is 2.15. The molecule has 1 atom stereocenters. The van der Waals surface area contributed by atoms with E-state index in [9.17, 15) is 4.79 Å². The van der Waals surface area contributed by atoms with E-state index < -0.39 is 5.97 Å². The van der Waals surface area contributed by atoms with Gasteiger partial charge < -0.3 is 9.84 Å². The summed E-state index contributed by atoms with van der Waals surface area (Å²) in [5.41, 5.74) is 0. The van der Waals surface area contributed by atoms with Crippen molar-refractivity contribution >= 4 is 5.97 Å². The largest absolute Gasteiger partial charge is 0.481 e. The van der Waals surface area contributed by atoms with Gasteiger partial charge in [-0.05, 0) is 42.5 Å². The van der Waals surface area contributed by atoms with Crippen LogP contribution in [-0.2, 0) is 22.5 Å². The summed E-state index contributed by atoms with van der Waals surface area (Å²) < 4.78 is 7.37. The zero-order valence-electron chi connectivity index (χ0n) is 11.0. The van der Waals surface area contributed by atoms with Gasteiger partial charge in [0.25, 0.3) is 0 Å². The second kappa shape index (κ2) is 7.18. The summed E-state index contributed by atoms with van der Waals surface area (Å²) in [4.78, 5) is 10.5. The van der Waals surface area contributed by atoms with Crippen molar-refractivity contribution in [2.45, 2.75) is 57.6 Å². The number of carboxylic acids is 1. The van der Waals surface area contributed by atoms with Gasteiger partial charge in [-0.3, -0.25) is 4.79 Å². The monoisotopic (exact) mass is 268 g/mol. The number of aromatic nitrogens is 4. The first-order valence-corrected chi connectivity index (χ1v) is 6.84. The number of ether oxygens (including phenoxy) is 1. The molecule has 1 unspecified atom stereocenters. The van der Waals surface area contributed by atoms with Crippen LogP contribution in [0.4, 0.5) is 0 Å². The number of hydrogen-bond acceptors (Lipinski definition) is 5. The third-order valence-corrected chi connectivity index (χ3v) is 3.33. The van der Waals surface area contributed by atoms with E-state index in [0.717, 1.165) is 38.1 Å². The van der Waals surface area contributed by atoms with Crippen LogP contribution in [-0.4, -0.2) is 44.0 Å². The van der Waals surface area contributed by atoms with Gasteiger partial charge in [0.2, 0.25) is 0 Å². The predicted molar refractivity (Wildman–Crippen MR) is 66.6 cm³/mol. The Morgan fingerprint density at radius 2 is 2.37 bits per heavy atom. The Labute approximate surface area is 111 Å². The van der Waals surface area contributed by atoms with Gasteiger partial charge in [-0.1, -0.05) is 0 Å². The van der Waals surface area contributed by atoms with Crippen molar-refractivity contribution in [1.29, 1.82) is 0 Å². The van der Waals surface area contributed by atoms with Gasteiger partial charge in [0.1, 0.15) is 0 Å². The Kier molecular flexibility index (Phi) is 5.26. The average Bonchev–Trinajstić information content (AvgIpc) is 2.85. The molecular formula is C12H20N4O3. The maximum Gasteiger partial charge on any atom is 0.303 e. The van der Waals surface area contributed by atoms with Crippen LogP contribution >= 0.6 is 0 Å². The van der Waals surface area contributed by atoms with E-state index in [1.807, 2.05) is 0 Å². The maximum absolute atomic E-state index is 10.5. The lowest BCUT2D eigenvalue weighted by molar-refractivity contribution is -0.137. The summed E-state index contributed by atoms with van der Waals surface area (Å²) in [7, 11) is 0. The first-order chi connectivity index (χ1) is 9.25. The van der Waals surface area contributed by atoms with Crippen molar-refractivity contribution in [3.05, 3.63) is 5.82 Å². The van der Waals surface area contributed by atoms with Crippen LogP contribution in [0.3, 0.4) is 0 Å². The lowest BCUT2D eigenvalue weighted by atomic mass is 10.0. The van der Waals surface area contributed by atoms with Crippen molar-refractivity contribution in [3.63, 3.8) is 0 Å². The van der Waals surface area contributed by atoms with Crippen LogP contribution < -0.4 is 0 Å². The van der Waals surface area contributed by atoms with Gasteiger partial charge >= 0.3 is 5.97 Å². The van der Waals surface area contributed by atoms with Gasteiger partial charge in [0.05, 0.1) is 6.10 Å². The molecule has 1 fully saturated rings. The van der Waals surface area contributed by atoms with Crippen LogP contribution in [0, 0.1) is 0 Å². The predicted octanol–water partition coefficient (Wildman–Crippen LogP) is 1.04. The Morgan fingerprint density at radius 3 is 3.11 bits per heavy atom. The van der Waals surface area contributed by atoms with Gasteiger partial charge in [-0.15, -0.1) is 5.10 Å². The Hall–Kier alpha value is -1.50. The van der Waals surface area contributed by atoms with Crippen molar-refractivity contribution in [2.24, 2.45) is 0 Å². The molecule has 0 aromatic carbocycles. The number of rotatable bonds is 7. The van der Waals surface area contributed by atoms with Crippen molar-refractivity contribution in [2.75, 3.05) is 6.61 Å². The molecule has 7 nitrogen and oxygen atoms in total. The molecule has 19 heavy (non-hydrogen) atoms. The minimum atomic E-state index is -0.787. The molecule has 0 amide bonds. The molecule has 0 bridgehead atoms. The summed E-state index contributed by atoms with van der Waals surface area (Å²) in [6, 6.07) is 0. The Balaban J connectivity index is 1.76. The number of aryl methyl sites for hydroxylation is 2. The fourth-order valence-electron chi connectivity index (χ4n) is 2.28. The van der Waals surface area contributed by atoms with Crippen molar-refractivity contribution in [1.82, 2.24) is 20.2 Å². The van der Waals surface area contributed by atoms with Crippen LogP contribution in [0.2, 0.25) is 0 Å². The summed E-state index contributed by atoms with van der Waals surface area (Å²) >= 11 is 0. The van der Waals surface area contributed by atoms with Crippen LogP contribution in [0.25, 0.3) is 0 Å². The number of carboxylic acid groups (broad SMARTS) is 1. The third kappa shape index (κ3) is 4.59. The van der Waals surface area contributed by atoms with Crippen molar-refractivity contribution in [3.8, 4) is 0 Å². The highest BCUT2D eigenvalue weighted by Crippen LogP contribution is 2.17. The standard InChI is InChI=1S/C12H20N4O3/c17-12(18)5-3-8-16-11(13-14-15-16)7-6-10-4-1-2-9-19-10/h10H,1-9H2,(H,17,18). The first-order valence-electron chi connectivity index (χ1n) is 6.84. The molecule has 0 radical (unpaired) electrons. The van der Waals surface area contributed by atoms with E-state index in [1.165, 1.54) is 6.42 Å². The molecule has 1 aromatic heterocycles. The fourth-order valence-corrected chi connectivity index (χ4v) is 2.28. The highest BCUT2D eigenvalue weighted by molar-refractivity contribution is 5.66. The van der Waals surface area contributed by atoms with E-state index >= 15 is 0 Å². The van der Waals surface area contributed by atoms with E-state index in [0.29, 0.717) is 19.1 Å².